The first-order valence-electron chi connectivity index (χ1n) is 7.17. The minimum atomic E-state index is 0. The fourth-order valence-corrected chi connectivity index (χ4v) is 2.98. The highest BCUT2D eigenvalue weighted by Gasteiger charge is 2.37. The minimum Gasteiger partial charge on any atom is -0.399 e. The monoisotopic (exact) mass is 296 g/mol. The molecule has 1 aromatic rings. The van der Waals surface area contributed by atoms with E-state index in [-0.39, 0.29) is 18.3 Å². The van der Waals surface area contributed by atoms with Crippen LogP contribution in [0.4, 0.5) is 5.69 Å². The molecule has 0 radical (unpaired) electrons. The van der Waals surface area contributed by atoms with Gasteiger partial charge in [-0.1, -0.05) is 19.9 Å². The van der Waals surface area contributed by atoms with Gasteiger partial charge in [0.2, 0.25) is 0 Å². The Morgan fingerprint density at radius 3 is 2.55 bits per heavy atom. The van der Waals surface area contributed by atoms with Crippen molar-refractivity contribution in [1.29, 1.82) is 0 Å². The summed E-state index contributed by atoms with van der Waals surface area (Å²) in [6, 6.07) is 5.57. The van der Waals surface area contributed by atoms with Crippen LogP contribution in [0.15, 0.2) is 18.2 Å². The third-order valence-electron chi connectivity index (χ3n) is 4.72. The number of anilines is 1. The molecular formula is C16H25ClN2O. The number of nitrogens with two attached hydrogens (primary N) is 1. The summed E-state index contributed by atoms with van der Waals surface area (Å²) in [6.07, 6.45) is 3.40. The fraction of sp³-hybridized carbons (Fsp3) is 0.562. The van der Waals surface area contributed by atoms with Crippen molar-refractivity contribution in [2.45, 2.75) is 40.0 Å². The second kappa shape index (κ2) is 6.49. The predicted molar refractivity (Wildman–Crippen MR) is 86.4 cm³/mol. The Morgan fingerprint density at radius 1 is 1.35 bits per heavy atom. The molecule has 0 saturated carbocycles. The zero-order chi connectivity index (χ0) is 14.0. The topological polar surface area (TPSA) is 46.3 Å². The van der Waals surface area contributed by atoms with Crippen LogP contribution in [0.25, 0.3) is 0 Å². The van der Waals surface area contributed by atoms with E-state index in [0.717, 1.165) is 43.5 Å². The summed E-state index contributed by atoms with van der Waals surface area (Å²) in [5, 5.41) is 0. The Kier molecular flexibility index (Phi) is 5.46. The summed E-state index contributed by atoms with van der Waals surface area (Å²) in [5.74, 6) is 0.133. The summed E-state index contributed by atoms with van der Waals surface area (Å²) in [7, 11) is 0. The molecule has 3 nitrogen and oxygen atoms in total. The van der Waals surface area contributed by atoms with Crippen LogP contribution in [-0.4, -0.2) is 23.9 Å². The van der Waals surface area contributed by atoms with Gasteiger partial charge in [0.05, 0.1) is 0 Å². The van der Waals surface area contributed by atoms with E-state index in [9.17, 15) is 4.79 Å². The van der Waals surface area contributed by atoms with Crippen LogP contribution in [0.3, 0.4) is 0 Å². The van der Waals surface area contributed by atoms with E-state index in [2.05, 4.69) is 13.8 Å². The summed E-state index contributed by atoms with van der Waals surface area (Å²) in [6.45, 7) is 8.17. The van der Waals surface area contributed by atoms with E-state index in [0.29, 0.717) is 11.1 Å². The molecule has 0 bridgehead atoms. The van der Waals surface area contributed by atoms with Crippen LogP contribution >= 0.6 is 12.4 Å². The third-order valence-corrected chi connectivity index (χ3v) is 4.72. The van der Waals surface area contributed by atoms with Crippen molar-refractivity contribution < 1.29 is 4.79 Å². The number of benzene rings is 1. The van der Waals surface area contributed by atoms with Gasteiger partial charge in [-0.15, -0.1) is 12.4 Å². The lowest BCUT2D eigenvalue weighted by atomic mass is 9.82. The molecule has 2 rings (SSSR count). The number of nitrogen functional groups attached to an aromatic ring is 1. The van der Waals surface area contributed by atoms with Crippen LogP contribution < -0.4 is 5.73 Å². The Bertz CT molecular complexity index is 483. The zero-order valence-electron chi connectivity index (χ0n) is 12.6. The van der Waals surface area contributed by atoms with Crippen LogP contribution in [0.5, 0.6) is 0 Å². The number of carbonyl (C=O) groups excluding carboxylic acids is 1. The summed E-state index contributed by atoms with van der Waals surface area (Å²) in [4.78, 5) is 14.6. The molecule has 4 heteroatoms. The lowest BCUT2D eigenvalue weighted by Gasteiger charge is -2.26. The van der Waals surface area contributed by atoms with E-state index in [1.807, 2.05) is 24.0 Å². The quantitative estimate of drug-likeness (QED) is 0.865. The Labute approximate surface area is 127 Å². The molecule has 0 atom stereocenters. The molecule has 0 aliphatic carbocycles. The molecule has 1 aliphatic heterocycles. The Balaban J connectivity index is 0.00000200. The Morgan fingerprint density at radius 2 is 2.00 bits per heavy atom. The number of likely N-dealkylation sites (tertiary alicyclic amines) is 1. The van der Waals surface area contributed by atoms with Crippen LogP contribution in [0.2, 0.25) is 0 Å². The van der Waals surface area contributed by atoms with Gasteiger partial charge in [-0.25, -0.2) is 0 Å². The maximum atomic E-state index is 12.6. The van der Waals surface area contributed by atoms with E-state index in [4.69, 9.17) is 5.73 Å². The second-order valence-corrected chi connectivity index (χ2v) is 5.76. The molecule has 1 aliphatic rings. The van der Waals surface area contributed by atoms with Gasteiger partial charge in [0.1, 0.15) is 0 Å². The molecule has 20 heavy (non-hydrogen) atoms. The Hall–Kier alpha value is -1.22. The maximum absolute atomic E-state index is 12.6. The highest BCUT2D eigenvalue weighted by molar-refractivity contribution is 5.96. The summed E-state index contributed by atoms with van der Waals surface area (Å²) >= 11 is 0. The number of amides is 1. The van der Waals surface area contributed by atoms with Gasteiger partial charge < -0.3 is 10.6 Å². The van der Waals surface area contributed by atoms with Gasteiger partial charge in [0, 0.05) is 24.3 Å². The van der Waals surface area contributed by atoms with Crippen LogP contribution in [-0.2, 0) is 0 Å². The van der Waals surface area contributed by atoms with Gasteiger partial charge in [-0.3, -0.25) is 4.79 Å². The minimum absolute atomic E-state index is 0. The number of nitrogens with zero attached hydrogens (tertiary/aromatic N) is 1. The van der Waals surface area contributed by atoms with Crippen LogP contribution in [0.1, 0.15) is 49.0 Å². The molecule has 1 fully saturated rings. The predicted octanol–water partition coefficient (Wildman–Crippen LogP) is 3.65. The van der Waals surface area contributed by atoms with Crippen molar-refractivity contribution in [3.8, 4) is 0 Å². The third kappa shape index (κ3) is 3.09. The van der Waals surface area contributed by atoms with E-state index in [1.165, 1.54) is 0 Å². The van der Waals surface area contributed by atoms with Crippen molar-refractivity contribution in [1.82, 2.24) is 4.90 Å². The average molecular weight is 297 g/mol. The molecular weight excluding hydrogens is 272 g/mol. The maximum Gasteiger partial charge on any atom is 0.254 e. The number of hydrogen-bond acceptors (Lipinski definition) is 2. The molecule has 1 aromatic carbocycles. The number of rotatable bonds is 3. The number of halogens is 1. The smallest absolute Gasteiger partial charge is 0.254 e. The molecule has 112 valence electrons. The summed E-state index contributed by atoms with van der Waals surface area (Å²) < 4.78 is 0. The van der Waals surface area contributed by atoms with Gasteiger partial charge in [0.15, 0.2) is 0 Å². The molecule has 1 saturated heterocycles. The van der Waals surface area contributed by atoms with E-state index < -0.39 is 0 Å². The first-order valence-corrected chi connectivity index (χ1v) is 7.17. The largest absolute Gasteiger partial charge is 0.399 e. The van der Waals surface area contributed by atoms with Gasteiger partial charge in [0.25, 0.3) is 5.91 Å². The molecule has 2 N–H and O–H groups in total. The SMILES string of the molecule is CCC1(CC)CCN(C(=O)c2cc(N)ccc2C)C1.Cl. The highest BCUT2D eigenvalue weighted by atomic mass is 35.5. The molecule has 1 heterocycles. The van der Waals surface area contributed by atoms with Crippen LogP contribution in [0, 0.1) is 12.3 Å². The van der Waals surface area contributed by atoms with Crippen molar-refractivity contribution >= 4 is 24.0 Å². The lowest BCUT2D eigenvalue weighted by Crippen LogP contribution is -2.32. The number of hydrogen-bond donors (Lipinski definition) is 1. The first-order chi connectivity index (χ1) is 9.01. The van der Waals surface area contributed by atoms with Crippen molar-refractivity contribution in [2.75, 3.05) is 18.8 Å². The van der Waals surface area contributed by atoms with E-state index in [1.54, 1.807) is 6.07 Å². The first kappa shape index (κ1) is 16.8. The normalized spacial score (nSPS) is 16.9. The van der Waals surface area contributed by atoms with Crippen molar-refractivity contribution in [3.63, 3.8) is 0 Å². The highest BCUT2D eigenvalue weighted by Crippen LogP contribution is 2.37. The number of aryl methyl sites for hydroxylation is 1. The standard InChI is InChI=1S/C16H24N2O.ClH/c1-4-16(5-2)8-9-18(11-16)15(19)14-10-13(17)7-6-12(14)3;/h6-7,10H,4-5,8-9,11,17H2,1-3H3;1H. The molecule has 0 spiro atoms. The fourth-order valence-electron chi connectivity index (χ4n) is 2.98. The average Bonchev–Trinajstić information content (AvgIpc) is 2.86. The molecule has 0 aromatic heterocycles. The second-order valence-electron chi connectivity index (χ2n) is 5.76. The van der Waals surface area contributed by atoms with Crippen molar-refractivity contribution in [2.24, 2.45) is 5.41 Å². The van der Waals surface area contributed by atoms with E-state index >= 15 is 0 Å². The summed E-state index contributed by atoms with van der Waals surface area (Å²) in [5.41, 5.74) is 8.54. The lowest BCUT2D eigenvalue weighted by molar-refractivity contribution is 0.0769. The number of carbonyl (C=O) groups is 1. The van der Waals surface area contributed by atoms with Gasteiger partial charge in [-0.2, -0.15) is 0 Å². The molecule has 0 unspecified atom stereocenters. The van der Waals surface area contributed by atoms with Gasteiger partial charge >= 0.3 is 0 Å². The zero-order valence-corrected chi connectivity index (χ0v) is 13.4. The van der Waals surface area contributed by atoms with Gasteiger partial charge in [-0.05, 0) is 49.3 Å². The van der Waals surface area contributed by atoms with Crippen molar-refractivity contribution in [3.05, 3.63) is 29.3 Å². The molecule has 1 amide bonds.